The van der Waals surface area contributed by atoms with Gasteiger partial charge in [0.15, 0.2) is 11.8 Å². The predicted molar refractivity (Wildman–Crippen MR) is 255 cm³/mol. The van der Waals surface area contributed by atoms with Gasteiger partial charge in [-0.2, -0.15) is 21.8 Å². The maximum atomic E-state index is 14.7. The number of alkyl halides is 2. The molecule has 4 aliphatic heterocycles. The van der Waals surface area contributed by atoms with Crippen LogP contribution in [0.4, 0.5) is 20.2 Å². The maximum absolute atomic E-state index is 14.7. The van der Waals surface area contributed by atoms with Crippen LogP contribution in [0.25, 0.3) is 0 Å². The van der Waals surface area contributed by atoms with Crippen molar-refractivity contribution in [2.75, 3.05) is 30.3 Å². The molecular weight excluding hydrogens is 888 g/mol. The molecule has 2 aromatic rings. The SMILES string of the molecule is C=C1N=C(NC(=O)CCCCC[N+]2=C(C=CC3=C(Cl)C(=CC=C4N(CCCCS(=O)(=O)O)c5ccccc5C4(C)C)CCC3)C(C)(C)c3ccccc32)C=CN1C1OC(CO)C(O)C1(F)F. The molecule has 2 aromatic carbocycles. The lowest BCUT2D eigenvalue weighted by Gasteiger charge is -2.32. The van der Waals surface area contributed by atoms with Crippen molar-refractivity contribution >= 4 is 50.5 Å². The fraction of sp³-hybridized carbons (Fsp3) is 0.460. The van der Waals surface area contributed by atoms with Crippen LogP contribution in [0.1, 0.15) is 96.6 Å². The van der Waals surface area contributed by atoms with E-state index in [1.807, 2.05) is 18.2 Å². The zero-order valence-corrected chi connectivity index (χ0v) is 39.6. The number of unbranched alkanes of at least 4 members (excludes halogenated alkanes) is 3. The summed E-state index contributed by atoms with van der Waals surface area (Å²) in [6, 6.07) is 16.7. The molecule has 0 aromatic heterocycles. The van der Waals surface area contributed by atoms with Gasteiger partial charge in [-0.3, -0.25) is 9.35 Å². The molecule has 4 heterocycles. The molecule has 66 heavy (non-hydrogen) atoms. The molecule has 1 amide bonds. The van der Waals surface area contributed by atoms with Gasteiger partial charge in [0, 0.05) is 65.1 Å². The molecule has 0 saturated carbocycles. The van der Waals surface area contributed by atoms with E-state index in [0.717, 1.165) is 82.5 Å². The van der Waals surface area contributed by atoms with Crippen molar-refractivity contribution in [2.45, 2.75) is 121 Å². The molecule has 4 N–H and O–H groups in total. The second kappa shape index (κ2) is 19.8. The number of nitrogens with zero attached hydrogens (tertiary/aromatic N) is 4. The van der Waals surface area contributed by atoms with Crippen molar-refractivity contribution in [3.63, 3.8) is 0 Å². The lowest BCUT2D eigenvalue weighted by atomic mass is 9.81. The van der Waals surface area contributed by atoms with Crippen molar-refractivity contribution in [1.29, 1.82) is 0 Å². The third-order valence-corrected chi connectivity index (χ3v) is 14.6. The number of benzene rings is 2. The van der Waals surface area contributed by atoms with Gasteiger partial charge in [-0.1, -0.05) is 80.6 Å². The number of halogens is 3. The number of rotatable bonds is 16. The summed E-state index contributed by atoms with van der Waals surface area (Å²) in [5, 5.41) is 22.7. The fourth-order valence-corrected chi connectivity index (χ4v) is 10.6. The van der Waals surface area contributed by atoms with Gasteiger partial charge >= 0.3 is 5.92 Å². The number of aliphatic imine (C=N–C) groups is 1. The lowest BCUT2D eigenvalue weighted by molar-refractivity contribution is -0.438. The molecule has 5 aliphatic rings. The second-order valence-corrected chi connectivity index (χ2v) is 20.5. The first-order chi connectivity index (χ1) is 31.3. The Labute approximate surface area is 391 Å². The van der Waals surface area contributed by atoms with Gasteiger partial charge in [-0.05, 0) is 93.7 Å². The van der Waals surface area contributed by atoms with Gasteiger partial charge in [0.2, 0.25) is 17.8 Å². The Bertz CT molecular complexity index is 2560. The van der Waals surface area contributed by atoms with Crippen molar-refractivity contribution in [2.24, 2.45) is 4.99 Å². The minimum absolute atomic E-state index is 0.108. The summed E-state index contributed by atoms with van der Waals surface area (Å²) in [5.41, 5.74) is 8.51. The monoisotopic (exact) mass is 948 g/mol. The molecule has 16 heteroatoms. The molecule has 1 aliphatic carbocycles. The van der Waals surface area contributed by atoms with E-state index in [2.05, 4.69) is 109 Å². The highest BCUT2D eigenvalue weighted by Crippen LogP contribution is 2.48. The molecule has 7 rings (SSSR count). The Balaban J connectivity index is 1.01. The van der Waals surface area contributed by atoms with Gasteiger partial charge in [0.25, 0.3) is 10.1 Å². The Morgan fingerprint density at radius 3 is 2.44 bits per heavy atom. The van der Waals surface area contributed by atoms with E-state index in [0.29, 0.717) is 25.8 Å². The highest BCUT2D eigenvalue weighted by atomic mass is 35.5. The zero-order chi connectivity index (χ0) is 47.6. The van der Waals surface area contributed by atoms with Gasteiger partial charge in [0.1, 0.15) is 24.3 Å². The van der Waals surface area contributed by atoms with E-state index in [1.165, 1.54) is 23.4 Å². The Hall–Kier alpha value is -4.77. The van der Waals surface area contributed by atoms with E-state index in [-0.39, 0.29) is 40.6 Å². The van der Waals surface area contributed by atoms with Crippen molar-refractivity contribution in [1.82, 2.24) is 10.2 Å². The minimum atomic E-state index is -4.02. The number of para-hydroxylation sites is 2. The van der Waals surface area contributed by atoms with E-state index in [4.69, 9.17) is 16.3 Å². The number of aliphatic hydroxyl groups is 2. The number of carbonyl (C=O) groups excluding carboxylic acids is 1. The number of hydrogen-bond donors (Lipinski definition) is 4. The third kappa shape index (κ3) is 10.2. The first-order valence-corrected chi connectivity index (χ1v) is 24.7. The predicted octanol–water partition coefficient (Wildman–Crippen LogP) is 8.66. The molecule has 12 nitrogen and oxygen atoms in total. The standard InChI is InChI=1S/C50H60ClF2N5O7S/c1-33-54-43(27-30-56(33)47-50(52,53)46(61)40(32-59)65-47)55-44(60)22-7-6-12-28-57-38-20-10-8-18-36(38)48(2,3)41(57)25-23-34-16-15-17-35(45(34)51)24-26-42-49(4,5)37-19-9-11-21-39(37)58(42)29-13-14-31-66(62,63)64/h8-11,18-21,23-27,30,40,46-47,59,61H,1,6-7,12-17,22,28-29,31-32H2,2-5H3,(H-,54,55,60,62,63,64)/p+1. The molecule has 3 atom stereocenters. The van der Waals surface area contributed by atoms with Gasteiger partial charge in [-0.25, -0.2) is 4.99 Å². The van der Waals surface area contributed by atoms with E-state index in [1.54, 1.807) is 0 Å². The average molecular weight is 950 g/mol. The third-order valence-electron chi connectivity index (χ3n) is 13.3. The second-order valence-electron chi connectivity index (χ2n) is 18.6. The number of fused-ring (bicyclic) bond motifs is 2. The number of amides is 1. The summed E-state index contributed by atoms with van der Waals surface area (Å²) >= 11 is 7.24. The number of allylic oxidation sites excluding steroid dienone is 8. The van der Waals surface area contributed by atoms with Crippen LogP contribution in [0.3, 0.4) is 0 Å². The number of hydrogen-bond acceptors (Lipinski definition) is 9. The maximum Gasteiger partial charge on any atom is 0.320 e. The Kier molecular flexibility index (Phi) is 14.8. The van der Waals surface area contributed by atoms with E-state index in [9.17, 15) is 36.8 Å². The number of aliphatic hydroxyl groups excluding tert-OH is 2. The van der Waals surface area contributed by atoms with E-state index >= 15 is 0 Å². The average Bonchev–Trinajstić information content (AvgIpc) is 3.73. The summed E-state index contributed by atoms with van der Waals surface area (Å²) in [5.74, 6) is -4.18. The largest absolute Gasteiger partial charge is 0.394 e. The van der Waals surface area contributed by atoms with Gasteiger partial charge < -0.3 is 30.1 Å². The number of ether oxygens (including phenoxy) is 1. The highest BCUT2D eigenvalue weighted by molar-refractivity contribution is 7.85. The van der Waals surface area contributed by atoms with Crippen molar-refractivity contribution in [3.05, 3.63) is 131 Å². The van der Waals surface area contributed by atoms with Crippen LogP contribution in [-0.4, -0.2) is 99.9 Å². The summed E-state index contributed by atoms with van der Waals surface area (Å²) in [4.78, 5) is 20.3. The molecule has 0 spiro atoms. The van der Waals surface area contributed by atoms with Crippen LogP contribution >= 0.6 is 11.6 Å². The summed E-state index contributed by atoms with van der Waals surface area (Å²) in [6.07, 6.45) is 11.8. The first kappa shape index (κ1) is 49.1. The molecular formula is C50H61ClF2N5O7S+. The van der Waals surface area contributed by atoms with Crippen LogP contribution in [0.2, 0.25) is 0 Å². The van der Waals surface area contributed by atoms with E-state index < -0.39 is 41.1 Å². The molecule has 1 saturated heterocycles. The molecule has 354 valence electrons. The molecule has 0 bridgehead atoms. The number of carbonyl (C=O) groups is 1. The van der Waals surface area contributed by atoms with Crippen molar-refractivity contribution < 1.29 is 46.1 Å². The summed E-state index contributed by atoms with van der Waals surface area (Å²) in [6.45, 7) is 13.2. The molecule has 1 fully saturated rings. The van der Waals surface area contributed by atoms with Crippen molar-refractivity contribution in [3.8, 4) is 0 Å². The van der Waals surface area contributed by atoms with Crippen LogP contribution in [0, 0.1) is 0 Å². The van der Waals surface area contributed by atoms with Crippen LogP contribution < -0.4 is 10.2 Å². The Morgan fingerprint density at radius 2 is 1.73 bits per heavy atom. The topological polar surface area (TPSA) is 155 Å². The molecule has 0 radical (unpaired) electrons. The minimum Gasteiger partial charge on any atom is -0.394 e. The zero-order valence-electron chi connectivity index (χ0n) is 38.0. The molecule has 3 unspecified atom stereocenters. The quantitative estimate of drug-likeness (QED) is 0.0736. The van der Waals surface area contributed by atoms with Gasteiger partial charge in [-0.15, -0.1) is 0 Å². The smallest absolute Gasteiger partial charge is 0.320 e. The van der Waals surface area contributed by atoms with Crippen LogP contribution in [0.5, 0.6) is 0 Å². The van der Waals surface area contributed by atoms with Crippen LogP contribution in [0.15, 0.2) is 124 Å². The number of nitrogens with one attached hydrogen (secondary N) is 1. The van der Waals surface area contributed by atoms with Gasteiger partial charge in [0.05, 0.1) is 17.8 Å². The van der Waals surface area contributed by atoms with Crippen LogP contribution in [-0.2, 0) is 30.5 Å². The Morgan fingerprint density at radius 1 is 1.00 bits per heavy atom. The number of anilines is 1. The number of amidine groups is 1. The fourth-order valence-electron chi connectivity index (χ4n) is 9.70. The normalized spacial score (nSPS) is 24.5. The summed E-state index contributed by atoms with van der Waals surface area (Å²) < 4.78 is 69.1. The lowest BCUT2D eigenvalue weighted by Crippen LogP contribution is -2.47. The first-order valence-electron chi connectivity index (χ1n) is 22.7. The summed E-state index contributed by atoms with van der Waals surface area (Å²) in [7, 11) is -4.02. The highest BCUT2D eigenvalue weighted by Gasteiger charge is 2.60.